The molecule has 0 amide bonds. The number of rotatable bonds is 9. The Labute approximate surface area is 135 Å². The van der Waals surface area contributed by atoms with Crippen LogP contribution in [0.3, 0.4) is 0 Å². The predicted octanol–water partition coefficient (Wildman–Crippen LogP) is 3.56. The topological polar surface area (TPSA) is 32.7 Å². The van der Waals surface area contributed by atoms with E-state index in [1.165, 1.54) is 17.5 Å². The van der Waals surface area contributed by atoms with E-state index in [1.54, 1.807) is 0 Å². The molecule has 2 rings (SSSR count). The molecule has 1 aromatic rings. The number of fused-ring (bicyclic) bond motifs is 1. The molecule has 0 spiro atoms. The van der Waals surface area contributed by atoms with Gasteiger partial charge < -0.3 is 14.7 Å². The first kappa shape index (κ1) is 17.5. The summed E-state index contributed by atoms with van der Waals surface area (Å²) < 4.78 is 6.05. The Morgan fingerprint density at radius 2 is 1.95 bits per heavy atom. The van der Waals surface area contributed by atoms with Crippen molar-refractivity contribution in [1.82, 2.24) is 4.90 Å². The molecule has 0 aromatic heterocycles. The van der Waals surface area contributed by atoms with Crippen molar-refractivity contribution in [3.8, 4) is 0 Å². The molecule has 0 heterocycles. The zero-order valence-electron chi connectivity index (χ0n) is 14.1. The molecule has 124 valence electrons. The molecular weight excluding hydrogens is 274 g/mol. The maximum atomic E-state index is 10.3. The molecule has 1 N–H and O–H groups in total. The van der Waals surface area contributed by atoms with Gasteiger partial charge in [-0.2, -0.15) is 0 Å². The van der Waals surface area contributed by atoms with Crippen molar-refractivity contribution in [1.29, 1.82) is 0 Å². The van der Waals surface area contributed by atoms with E-state index in [2.05, 4.69) is 43.0 Å². The SMILES string of the molecule is CCCN(CCC)C[C@@H](O)CO[C@@H]1CCCc2ccccc21. The Morgan fingerprint density at radius 1 is 1.23 bits per heavy atom. The van der Waals surface area contributed by atoms with Gasteiger partial charge in [0.25, 0.3) is 0 Å². The van der Waals surface area contributed by atoms with Gasteiger partial charge in [0, 0.05) is 6.54 Å². The second-order valence-electron chi connectivity index (χ2n) is 6.37. The van der Waals surface area contributed by atoms with Crippen LogP contribution in [0, 0.1) is 0 Å². The van der Waals surface area contributed by atoms with Gasteiger partial charge >= 0.3 is 0 Å². The lowest BCUT2D eigenvalue weighted by Gasteiger charge is -2.28. The number of ether oxygens (including phenoxy) is 1. The lowest BCUT2D eigenvalue weighted by Crippen LogP contribution is -2.36. The van der Waals surface area contributed by atoms with Gasteiger partial charge in [0.2, 0.25) is 0 Å². The third-order valence-corrected chi connectivity index (χ3v) is 4.35. The molecular formula is C19H31NO2. The Hall–Kier alpha value is -0.900. The first-order valence-electron chi connectivity index (χ1n) is 8.84. The highest BCUT2D eigenvalue weighted by molar-refractivity contribution is 5.31. The fraction of sp³-hybridized carbons (Fsp3) is 0.684. The summed E-state index contributed by atoms with van der Waals surface area (Å²) in [4.78, 5) is 2.34. The molecule has 1 aliphatic rings. The second-order valence-corrected chi connectivity index (χ2v) is 6.37. The van der Waals surface area contributed by atoms with E-state index in [-0.39, 0.29) is 6.10 Å². The lowest BCUT2D eigenvalue weighted by atomic mass is 9.89. The molecule has 0 radical (unpaired) electrons. The fourth-order valence-corrected chi connectivity index (χ4v) is 3.39. The van der Waals surface area contributed by atoms with Crippen LogP contribution in [0.1, 0.15) is 56.8 Å². The number of hydrogen-bond donors (Lipinski definition) is 1. The first-order valence-corrected chi connectivity index (χ1v) is 8.84. The lowest BCUT2D eigenvalue weighted by molar-refractivity contribution is -0.0281. The predicted molar refractivity (Wildman–Crippen MR) is 91.1 cm³/mol. The maximum absolute atomic E-state index is 10.3. The van der Waals surface area contributed by atoms with E-state index in [0.29, 0.717) is 6.61 Å². The van der Waals surface area contributed by atoms with Crippen LogP contribution in [0.4, 0.5) is 0 Å². The van der Waals surface area contributed by atoms with Crippen molar-refractivity contribution in [2.45, 2.75) is 58.2 Å². The smallest absolute Gasteiger partial charge is 0.0900 e. The van der Waals surface area contributed by atoms with E-state index < -0.39 is 6.10 Å². The minimum absolute atomic E-state index is 0.158. The van der Waals surface area contributed by atoms with E-state index in [9.17, 15) is 5.11 Å². The summed E-state index contributed by atoms with van der Waals surface area (Å²) in [6.07, 6.45) is 5.41. The summed E-state index contributed by atoms with van der Waals surface area (Å²) >= 11 is 0. The summed E-state index contributed by atoms with van der Waals surface area (Å²) in [6.45, 7) is 7.63. The molecule has 0 aliphatic heterocycles. The van der Waals surface area contributed by atoms with E-state index in [0.717, 1.165) is 45.3 Å². The van der Waals surface area contributed by atoms with Gasteiger partial charge in [0.15, 0.2) is 0 Å². The van der Waals surface area contributed by atoms with Gasteiger partial charge in [-0.1, -0.05) is 38.1 Å². The van der Waals surface area contributed by atoms with Gasteiger partial charge in [-0.3, -0.25) is 0 Å². The quantitative estimate of drug-likeness (QED) is 0.757. The number of benzene rings is 1. The zero-order valence-corrected chi connectivity index (χ0v) is 14.1. The van der Waals surface area contributed by atoms with Crippen molar-refractivity contribution in [2.75, 3.05) is 26.2 Å². The molecule has 3 heteroatoms. The molecule has 1 aliphatic carbocycles. The molecule has 3 nitrogen and oxygen atoms in total. The Kier molecular flexibility index (Phi) is 7.37. The monoisotopic (exact) mass is 305 g/mol. The Morgan fingerprint density at radius 3 is 2.68 bits per heavy atom. The van der Waals surface area contributed by atoms with Gasteiger partial charge in [-0.15, -0.1) is 0 Å². The Balaban J connectivity index is 1.82. The number of nitrogens with zero attached hydrogens (tertiary/aromatic N) is 1. The van der Waals surface area contributed by atoms with Gasteiger partial charge in [0.05, 0.1) is 18.8 Å². The largest absolute Gasteiger partial charge is 0.389 e. The van der Waals surface area contributed by atoms with Crippen LogP contribution in [0.15, 0.2) is 24.3 Å². The Bertz CT molecular complexity index is 429. The van der Waals surface area contributed by atoms with E-state index in [4.69, 9.17) is 4.74 Å². The third kappa shape index (κ3) is 5.08. The minimum Gasteiger partial charge on any atom is -0.389 e. The molecule has 0 unspecified atom stereocenters. The van der Waals surface area contributed by atoms with Gasteiger partial charge in [-0.05, 0) is 56.3 Å². The van der Waals surface area contributed by atoms with Crippen LogP contribution in [-0.4, -0.2) is 42.4 Å². The van der Waals surface area contributed by atoms with Crippen LogP contribution in [0.2, 0.25) is 0 Å². The van der Waals surface area contributed by atoms with Gasteiger partial charge in [0.1, 0.15) is 0 Å². The molecule has 0 bridgehead atoms. The van der Waals surface area contributed by atoms with Gasteiger partial charge in [-0.25, -0.2) is 0 Å². The standard InChI is InChI=1S/C19H31NO2/c1-3-12-20(13-4-2)14-17(21)15-22-19-11-7-9-16-8-5-6-10-18(16)19/h5-6,8,10,17,19,21H,3-4,7,9,11-15H2,1-2H3/t17-,19-/m1/s1. The molecule has 0 saturated heterocycles. The van der Waals surface area contributed by atoms with Crippen molar-refractivity contribution >= 4 is 0 Å². The second kappa shape index (κ2) is 9.29. The summed E-state index contributed by atoms with van der Waals surface area (Å²) in [5.74, 6) is 0. The molecule has 0 fully saturated rings. The van der Waals surface area contributed by atoms with Crippen molar-refractivity contribution in [2.24, 2.45) is 0 Å². The zero-order chi connectivity index (χ0) is 15.8. The van der Waals surface area contributed by atoms with Crippen LogP contribution in [0.5, 0.6) is 0 Å². The van der Waals surface area contributed by atoms with Crippen molar-refractivity contribution in [3.63, 3.8) is 0 Å². The minimum atomic E-state index is -0.396. The normalized spacial score (nSPS) is 19.2. The number of aryl methyl sites for hydroxylation is 1. The number of aliphatic hydroxyl groups is 1. The molecule has 2 atom stereocenters. The average molecular weight is 305 g/mol. The summed E-state index contributed by atoms with van der Waals surface area (Å²) in [5.41, 5.74) is 2.73. The number of hydrogen-bond acceptors (Lipinski definition) is 3. The van der Waals surface area contributed by atoms with Crippen LogP contribution < -0.4 is 0 Å². The summed E-state index contributed by atoms with van der Waals surface area (Å²) in [5, 5.41) is 10.3. The first-order chi connectivity index (χ1) is 10.7. The van der Waals surface area contributed by atoms with E-state index >= 15 is 0 Å². The highest BCUT2D eigenvalue weighted by Gasteiger charge is 2.21. The highest BCUT2D eigenvalue weighted by Crippen LogP contribution is 2.32. The number of aliphatic hydroxyl groups excluding tert-OH is 1. The summed E-state index contributed by atoms with van der Waals surface area (Å²) in [7, 11) is 0. The van der Waals surface area contributed by atoms with Crippen LogP contribution in [-0.2, 0) is 11.2 Å². The van der Waals surface area contributed by atoms with E-state index in [1.807, 2.05) is 0 Å². The molecule has 0 saturated carbocycles. The molecule has 22 heavy (non-hydrogen) atoms. The molecule has 1 aromatic carbocycles. The maximum Gasteiger partial charge on any atom is 0.0900 e. The summed E-state index contributed by atoms with van der Waals surface area (Å²) in [6, 6.07) is 8.56. The average Bonchev–Trinajstić information content (AvgIpc) is 2.53. The van der Waals surface area contributed by atoms with Crippen molar-refractivity contribution in [3.05, 3.63) is 35.4 Å². The highest BCUT2D eigenvalue weighted by atomic mass is 16.5. The fourth-order valence-electron chi connectivity index (χ4n) is 3.39. The third-order valence-electron chi connectivity index (χ3n) is 4.35. The van der Waals surface area contributed by atoms with Crippen molar-refractivity contribution < 1.29 is 9.84 Å². The van der Waals surface area contributed by atoms with Crippen LogP contribution >= 0.6 is 0 Å². The van der Waals surface area contributed by atoms with Crippen LogP contribution in [0.25, 0.3) is 0 Å².